The molecule has 1 amide bonds. The molecule has 25 heavy (non-hydrogen) atoms. The summed E-state index contributed by atoms with van der Waals surface area (Å²) in [4.78, 5) is 27.3. The van der Waals surface area contributed by atoms with Crippen LogP contribution in [0.3, 0.4) is 0 Å². The molecule has 2 fully saturated rings. The van der Waals surface area contributed by atoms with Gasteiger partial charge in [0.25, 0.3) is 5.91 Å². The van der Waals surface area contributed by atoms with Crippen LogP contribution in [-0.4, -0.2) is 36.0 Å². The third-order valence-corrected chi connectivity index (χ3v) is 5.83. The van der Waals surface area contributed by atoms with Gasteiger partial charge in [0.15, 0.2) is 0 Å². The molecule has 3 aliphatic rings. The van der Waals surface area contributed by atoms with Gasteiger partial charge in [-0.25, -0.2) is 4.79 Å². The Morgan fingerprint density at radius 1 is 1.36 bits per heavy atom. The number of amides is 1. The quantitative estimate of drug-likeness (QED) is 0.743. The van der Waals surface area contributed by atoms with Crippen LogP contribution in [0.4, 0.5) is 0 Å². The lowest BCUT2D eigenvalue weighted by atomic mass is 9.96. The van der Waals surface area contributed by atoms with Gasteiger partial charge < -0.3 is 14.4 Å². The Balaban J connectivity index is 1.66. The van der Waals surface area contributed by atoms with Crippen molar-refractivity contribution in [3.05, 3.63) is 29.3 Å². The maximum absolute atomic E-state index is 13.2. The summed E-state index contributed by atoms with van der Waals surface area (Å²) in [6.07, 6.45) is 6.93. The van der Waals surface area contributed by atoms with E-state index in [1.165, 1.54) is 13.5 Å². The summed E-state index contributed by atoms with van der Waals surface area (Å²) < 4.78 is 10.9. The molecule has 2 saturated carbocycles. The minimum Gasteiger partial charge on any atom is -0.490 e. The molecular weight excluding hydrogens is 318 g/mol. The molecule has 0 radical (unpaired) electrons. The molecule has 1 aliphatic heterocycles. The molecule has 1 aromatic carbocycles. The van der Waals surface area contributed by atoms with Crippen molar-refractivity contribution in [2.45, 2.75) is 69.6 Å². The van der Waals surface area contributed by atoms with Crippen LogP contribution in [-0.2, 0) is 15.1 Å². The summed E-state index contributed by atoms with van der Waals surface area (Å²) in [5, 5.41) is 0. The average molecular weight is 343 g/mol. The third-order valence-electron chi connectivity index (χ3n) is 5.83. The number of rotatable bonds is 6. The zero-order valence-electron chi connectivity index (χ0n) is 14.9. The van der Waals surface area contributed by atoms with E-state index in [0.29, 0.717) is 12.0 Å². The minimum atomic E-state index is -0.506. The molecule has 5 nitrogen and oxygen atoms in total. The maximum atomic E-state index is 13.2. The lowest BCUT2D eigenvalue weighted by Gasteiger charge is -2.32. The second kappa shape index (κ2) is 6.04. The highest BCUT2D eigenvalue weighted by Gasteiger charge is 2.60. The van der Waals surface area contributed by atoms with Gasteiger partial charge in [0, 0.05) is 5.56 Å². The fourth-order valence-corrected chi connectivity index (χ4v) is 4.14. The molecule has 0 bridgehead atoms. The SMILES string of the molecule is CCCC(C(=O)OC)N1C(=O)c2cc(OC3CCC3)ccc2C12CC2. The number of esters is 1. The predicted octanol–water partition coefficient (Wildman–Crippen LogP) is 3.40. The highest BCUT2D eigenvalue weighted by molar-refractivity contribution is 6.03. The fraction of sp³-hybridized carbons (Fsp3) is 0.600. The zero-order valence-corrected chi connectivity index (χ0v) is 14.9. The molecule has 0 aromatic heterocycles. The molecule has 5 heteroatoms. The smallest absolute Gasteiger partial charge is 0.328 e. The van der Waals surface area contributed by atoms with Gasteiger partial charge in [0.2, 0.25) is 0 Å². The van der Waals surface area contributed by atoms with E-state index in [1.807, 2.05) is 25.1 Å². The van der Waals surface area contributed by atoms with Crippen molar-refractivity contribution >= 4 is 11.9 Å². The number of methoxy groups -OCH3 is 1. The number of carbonyl (C=O) groups excluding carboxylic acids is 2. The Morgan fingerprint density at radius 3 is 2.68 bits per heavy atom. The van der Waals surface area contributed by atoms with Crippen LogP contribution in [0.25, 0.3) is 0 Å². The molecule has 1 spiro atoms. The maximum Gasteiger partial charge on any atom is 0.328 e. The standard InChI is InChI=1S/C20H25NO4/c1-3-5-17(19(23)24-2)21-18(22)15-12-14(25-13-6-4-7-13)8-9-16(15)20(21)10-11-20/h8-9,12-13,17H,3-7,10-11H2,1-2H3. The highest BCUT2D eigenvalue weighted by atomic mass is 16.5. The van der Waals surface area contributed by atoms with Crippen LogP contribution in [0, 0.1) is 0 Å². The largest absolute Gasteiger partial charge is 0.490 e. The van der Waals surface area contributed by atoms with Gasteiger partial charge in [0.05, 0.1) is 18.8 Å². The third kappa shape index (κ3) is 2.52. The van der Waals surface area contributed by atoms with Crippen molar-refractivity contribution in [3.8, 4) is 5.75 Å². The lowest BCUT2D eigenvalue weighted by Crippen LogP contribution is -2.47. The van der Waals surface area contributed by atoms with Crippen molar-refractivity contribution in [2.75, 3.05) is 7.11 Å². The molecule has 134 valence electrons. The van der Waals surface area contributed by atoms with E-state index in [2.05, 4.69) is 0 Å². The summed E-state index contributed by atoms with van der Waals surface area (Å²) >= 11 is 0. The Hall–Kier alpha value is -2.04. The number of hydrogen-bond acceptors (Lipinski definition) is 4. The van der Waals surface area contributed by atoms with Crippen LogP contribution in [0.15, 0.2) is 18.2 Å². The second-order valence-electron chi connectivity index (χ2n) is 7.41. The minimum absolute atomic E-state index is 0.0598. The molecular formula is C20H25NO4. The van der Waals surface area contributed by atoms with Crippen molar-refractivity contribution < 1.29 is 19.1 Å². The van der Waals surface area contributed by atoms with Gasteiger partial charge in [0.1, 0.15) is 11.8 Å². The normalized spacial score (nSPS) is 21.7. The van der Waals surface area contributed by atoms with Crippen molar-refractivity contribution in [1.29, 1.82) is 0 Å². The molecule has 1 aromatic rings. The lowest BCUT2D eigenvalue weighted by molar-refractivity contribution is -0.147. The summed E-state index contributed by atoms with van der Waals surface area (Å²) in [7, 11) is 1.39. The number of carbonyl (C=O) groups is 2. The first-order chi connectivity index (χ1) is 12.1. The van der Waals surface area contributed by atoms with E-state index in [0.717, 1.165) is 43.4 Å². The van der Waals surface area contributed by atoms with Crippen molar-refractivity contribution in [2.24, 2.45) is 0 Å². The van der Waals surface area contributed by atoms with E-state index < -0.39 is 6.04 Å². The first kappa shape index (κ1) is 16.4. The monoisotopic (exact) mass is 343 g/mol. The second-order valence-corrected chi connectivity index (χ2v) is 7.41. The summed E-state index contributed by atoms with van der Waals surface area (Å²) in [6.45, 7) is 2.02. The van der Waals surface area contributed by atoms with Crippen LogP contribution < -0.4 is 4.74 Å². The van der Waals surface area contributed by atoms with Gasteiger partial charge in [-0.15, -0.1) is 0 Å². The summed E-state index contributed by atoms with van der Waals surface area (Å²) in [5.41, 5.74) is 1.43. The summed E-state index contributed by atoms with van der Waals surface area (Å²) in [6, 6.07) is 5.36. The first-order valence-electron chi connectivity index (χ1n) is 9.33. The molecule has 0 N–H and O–H groups in total. The van der Waals surface area contributed by atoms with Gasteiger partial charge in [-0.3, -0.25) is 4.79 Å². The van der Waals surface area contributed by atoms with Crippen LogP contribution in [0.5, 0.6) is 5.75 Å². The number of ether oxygens (including phenoxy) is 2. The Morgan fingerprint density at radius 2 is 2.12 bits per heavy atom. The van der Waals surface area contributed by atoms with E-state index >= 15 is 0 Å². The molecule has 1 atom stereocenters. The Kier molecular flexibility index (Phi) is 3.97. The van der Waals surface area contributed by atoms with E-state index in [-0.39, 0.29) is 23.5 Å². The number of fused-ring (bicyclic) bond motifs is 2. The number of hydrogen-bond donors (Lipinski definition) is 0. The average Bonchev–Trinajstić information content (AvgIpc) is 3.33. The summed E-state index contributed by atoms with van der Waals surface area (Å²) in [5.74, 6) is 0.384. The topological polar surface area (TPSA) is 55.8 Å². The molecule has 1 unspecified atom stereocenters. The van der Waals surface area contributed by atoms with Gasteiger partial charge in [-0.05, 0) is 56.2 Å². The fourth-order valence-electron chi connectivity index (χ4n) is 4.14. The van der Waals surface area contributed by atoms with Gasteiger partial charge >= 0.3 is 5.97 Å². The number of nitrogens with zero attached hydrogens (tertiary/aromatic N) is 1. The van der Waals surface area contributed by atoms with Crippen LogP contribution >= 0.6 is 0 Å². The molecule has 0 saturated heterocycles. The van der Waals surface area contributed by atoms with E-state index in [9.17, 15) is 9.59 Å². The van der Waals surface area contributed by atoms with Gasteiger partial charge in [-0.1, -0.05) is 19.4 Å². The van der Waals surface area contributed by atoms with Crippen LogP contribution in [0.2, 0.25) is 0 Å². The van der Waals surface area contributed by atoms with E-state index in [4.69, 9.17) is 9.47 Å². The molecule has 4 rings (SSSR count). The van der Waals surface area contributed by atoms with Gasteiger partial charge in [-0.2, -0.15) is 0 Å². The number of benzene rings is 1. The van der Waals surface area contributed by atoms with Crippen LogP contribution in [0.1, 0.15) is 67.8 Å². The Labute approximate surface area is 148 Å². The predicted molar refractivity (Wildman–Crippen MR) is 92.5 cm³/mol. The van der Waals surface area contributed by atoms with Crippen molar-refractivity contribution in [3.63, 3.8) is 0 Å². The highest BCUT2D eigenvalue weighted by Crippen LogP contribution is 2.58. The Bertz CT molecular complexity index is 706. The molecule has 2 aliphatic carbocycles. The first-order valence-corrected chi connectivity index (χ1v) is 9.33. The molecule has 1 heterocycles. The zero-order chi connectivity index (χ0) is 17.6. The van der Waals surface area contributed by atoms with E-state index in [1.54, 1.807) is 4.90 Å². The van der Waals surface area contributed by atoms with Crippen molar-refractivity contribution in [1.82, 2.24) is 4.90 Å².